The van der Waals surface area contributed by atoms with E-state index in [1.807, 2.05) is 37.3 Å². The van der Waals surface area contributed by atoms with Crippen LogP contribution in [0.1, 0.15) is 78.7 Å². The van der Waals surface area contributed by atoms with Crippen molar-refractivity contribution < 1.29 is 29.2 Å². The molecule has 0 aromatic heterocycles. The second-order valence-corrected chi connectivity index (χ2v) is 12.4. The summed E-state index contributed by atoms with van der Waals surface area (Å²) < 4.78 is 18.4. The lowest BCUT2D eigenvalue weighted by molar-refractivity contribution is -0.163. The van der Waals surface area contributed by atoms with Gasteiger partial charge in [-0.05, 0) is 66.6 Å². The molecule has 0 saturated carbocycles. The van der Waals surface area contributed by atoms with Gasteiger partial charge in [0.05, 0.1) is 18.3 Å². The van der Waals surface area contributed by atoms with Crippen molar-refractivity contribution in [3.8, 4) is 5.75 Å². The van der Waals surface area contributed by atoms with E-state index in [2.05, 4.69) is 39.8 Å². The number of benzene rings is 1. The van der Waals surface area contributed by atoms with Crippen molar-refractivity contribution >= 4 is 5.97 Å². The van der Waals surface area contributed by atoms with Gasteiger partial charge in [0.2, 0.25) is 0 Å². The highest BCUT2D eigenvalue weighted by Crippen LogP contribution is 2.44. The number of hydrogen-bond acceptors (Lipinski definition) is 6. The van der Waals surface area contributed by atoms with Crippen molar-refractivity contribution in [2.45, 2.75) is 109 Å². The molecule has 2 aliphatic carbocycles. The van der Waals surface area contributed by atoms with Crippen LogP contribution in [-0.2, 0) is 19.7 Å². The van der Waals surface area contributed by atoms with Gasteiger partial charge in [0, 0.05) is 18.9 Å². The lowest BCUT2D eigenvalue weighted by Crippen LogP contribution is -2.44. The van der Waals surface area contributed by atoms with Crippen LogP contribution in [0.15, 0.2) is 48.1 Å². The zero-order valence-corrected chi connectivity index (χ0v) is 23.6. The molecule has 1 fully saturated rings. The van der Waals surface area contributed by atoms with Crippen LogP contribution in [-0.4, -0.2) is 53.3 Å². The van der Waals surface area contributed by atoms with Crippen LogP contribution in [0.3, 0.4) is 0 Å². The van der Waals surface area contributed by atoms with Crippen LogP contribution in [0.25, 0.3) is 0 Å². The standard InChI is InChI=1S/C32H46O6/c1-6-27(37-28-10-8-7-9-26(28)32(3,4)5)31(35)38-29-19-23(34)17-21-12-11-20(2)25(30(21)29)14-13-24-18-22(33)15-16-36-24/h7-12,17,20,22-25,27,29-30,33-34H,6,13-16,18-19H2,1-5H3/t20-,22+,23+,24+,25-,27?,29-,30-/m0/s1. The fourth-order valence-electron chi connectivity index (χ4n) is 6.29. The van der Waals surface area contributed by atoms with Crippen molar-refractivity contribution in [2.24, 2.45) is 17.8 Å². The summed E-state index contributed by atoms with van der Waals surface area (Å²) in [5, 5.41) is 20.7. The highest BCUT2D eigenvalue weighted by Gasteiger charge is 2.43. The third-order valence-corrected chi connectivity index (χ3v) is 8.40. The normalized spacial score (nSPS) is 32.2. The summed E-state index contributed by atoms with van der Waals surface area (Å²) >= 11 is 0. The largest absolute Gasteiger partial charge is 0.478 e. The summed E-state index contributed by atoms with van der Waals surface area (Å²) in [5.74, 6) is 0.889. The number of rotatable bonds is 8. The number of allylic oxidation sites excluding steroid dienone is 2. The molecule has 0 spiro atoms. The minimum atomic E-state index is -0.725. The second-order valence-electron chi connectivity index (χ2n) is 12.4. The quantitative estimate of drug-likeness (QED) is 0.435. The Morgan fingerprint density at radius 1 is 1.16 bits per heavy atom. The van der Waals surface area contributed by atoms with Gasteiger partial charge in [0.1, 0.15) is 11.9 Å². The highest BCUT2D eigenvalue weighted by atomic mass is 16.6. The van der Waals surface area contributed by atoms with Crippen molar-refractivity contribution in [3.05, 3.63) is 53.6 Å². The number of hydrogen-bond donors (Lipinski definition) is 2. The molecule has 1 unspecified atom stereocenters. The fraction of sp³-hybridized carbons (Fsp3) is 0.656. The van der Waals surface area contributed by atoms with Gasteiger partial charge in [-0.2, -0.15) is 0 Å². The summed E-state index contributed by atoms with van der Waals surface area (Å²) in [4.78, 5) is 13.5. The molecule has 6 heteroatoms. The third kappa shape index (κ3) is 6.88. The number of aliphatic hydroxyl groups excluding tert-OH is 2. The Kier molecular flexibility index (Phi) is 9.38. The van der Waals surface area contributed by atoms with Gasteiger partial charge in [-0.15, -0.1) is 0 Å². The van der Waals surface area contributed by atoms with E-state index in [0.717, 1.165) is 24.0 Å². The molecule has 1 heterocycles. The Morgan fingerprint density at radius 2 is 1.92 bits per heavy atom. The third-order valence-electron chi connectivity index (χ3n) is 8.40. The predicted molar refractivity (Wildman–Crippen MR) is 148 cm³/mol. The average Bonchev–Trinajstić information content (AvgIpc) is 2.86. The van der Waals surface area contributed by atoms with Crippen molar-refractivity contribution in [1.82, 2.24) is 0 Å². The van der Waals surface area contributed by atoms with Crippen molar-refractivity contribution in [1.29, 1.82) is 0 Å². The number of para-hydroxylation sites is 1. The van der Waals surface area contributed by atoms with Crippen LogP contribution in [0, 0.1) is 17.8 Å². The molecule has 4 rings (SSSR count). The smallest absolute Gasteiger partial charge is 0.347 e. The number of esters is 1. The molecule has 1 aromatic carbocycles. The maximum atomic E-state index is 13.5. The Morgan fingerprint density at radius 3 is 2.63 bits per heavy atom. The minimum absolute atomic E-state index is 0.00947. The van der Waals surface area contributed by atoms with E-state index < -0.39 is 18.3 Å². The van der Waals surface area contributed by atoms with Crippen molar-refractivity contribution in [3.63, 3.8) is 0 Å². The molecule has 0 amide bonds. The fourth-order valence-corrected chi connectivity index (χ4v) is 6.29. The van der Waals surface area contributed by atoms with E-state index >= 15 is 0 Å². The Labute approximate surface area is 228 Å². The molecule has 1 saturated heterocycles. The topological polar surface area (TPSA) is 85.2 Å². The first-order valence-electron chi connectivity index (χ1n) is 14.4. The molecule has 0 radical (unpaired) electrons. The van der Waals surface area contributed by atoms with E-state index in [0.29, 0.717) is 44.0 Å². The number of carbonyl (C=O) groups excluding carboxylic acids is 1. The van der Waals surface area contributed by atoms with Gasteiger partial charge < -0.3 is 24.4 Å². The van der Waals surface area contributed by atoms with E-state index in [9.17, 15) is 15.0 Å². The van der Waals surface area contributed by atoms with E-state index in [-0.39, 0.29) is 35.4 Å². The maximum absolute atomic E-state index is 13.5. The monoisotopic (exact) mass is 526 g/mol. The lowest BCUT2D eigenvalue weighted by atomic mass is 9.66. The Hall–Kier alpha value is -2.15. The second kappa shape index (κ2) is 12.4. The van der Waals surface area contributed by atoms with Crippen molar-refractivity contribution in [2.75, 3.05) is 6.61 Å². The zero-order chi connectivity index (χ0) is 27.4. The predicted octanol–water partition coefficient (Wildman–Crippen LogP) is 5.50. The molecular formula is C32H46O6. The summed E-state index contributed by atoms with van der Waals surface area (Å²) in [7, 11) is 0. The summed E-state index contributed by atoms with van der Waals surface area (Å²) in [6, 6.07) is 7.86. The van der Waals surface area contributed by atoms with E-state index in [1.54, 1.807) is 0 Å². The summed E-state index contributed by atoms with van der Waals surface area (Å²) in [6.45, 7) is 11.1. The number of ether oxygens (including phenoxy) is 3. The van der Waals surface area contributed by atoms with Crippen LogP contribution in [0.5, 0.6) is 5.75 Å². The first-order valence-corrected chi connectivity index (χ1v) is 14.4. The van der Waals surface area contributed by atoms with E-state index in [4.69, 9.17) is 14.2 Å². The van der Waals surface area contributed by atoms with Gasteiger partial charge >= 0.3 is 5.97 Å². The molecule has 0 bridgehead atoms. The minimum Gasteiger partial charge on any atom is -0.478 e. The lowest BCUT2D eigenvalue weighted by Gasteiger charge is -2.43. The molecule has 1 aromatic rings. The van der Waals surface area contributed by atoms with Gasteiger partial charge in [0.25, 0.3) is 0 Å². The molecule has 1 aliphatic heterocycles. The summed E-state index contributed by atoms with van der Waals surface area (Å²) in [5.41, 5.74) is 1.97. The van der Waals surface area contributed by atoms with E-state index in [1.165, 1.54) is 0 Å². The van der Waals surface area contributed by atoms with Crippen LogP contribution in [0.2, 0.25) is 0 Å². The van der Waals surface area contributed by atoms with Gasteiger partial charge in [-0.25, -0.2) is 4.79 Å². The molecule has 6 nitrogen and oxygen atoms in total. The Balaban J connectivity index is 1.49. The van der Waals surface area contributed by atoms with Crippen LogP contribution >= 0.6 is 0 Å². The summed E-state index contributed by atoms with van der Waals surface area (Å²) in [6.07, 6.45) is 8.16. The van der Waals surface area contributed by atoms with Crippen LogP contribution in [0.4, 0.5) is 0 Å². The highest BCUT2D eigenvalue weighted by molar-refractivity contribution is 5.75. The van der Waals surface area contributed by atoms with Gasteiger partial charge in [0.15, 0.2) is 6.10 Å². The Bertz CT molecular complexity index is 1010. The number of fused-ring (bicyclic) bond motifs is 1. The zero-order valence-electron chi connectivity index (χ0n) is 23.6. The molecule has 8 atom stereocenters. The van der Waals surface area contributed by atoms with Gasteiger partial charge in [-0.3, -0.25) is 0 Å². The number of aliphatic hydroxyl groups is 2. The average molecular weight is 527 g/mol. The van der Waals surface area contributed by atoms with Crippen LogP contribution < -0.4 is 4.74 Å². The van der Waals surface area contributed by atoms with Gasteiger partial charge in [-0.1, -0.05) is 71.0 Å². The molecule has 3 aliphatic rings. The first-order chi connectivity index (χ1) is 18.1. The molecule has 210 valence electrons. The SMILES string of the molecule is CCC(Oc1ccccc1C(C)(C)C)C(=O)O[C@H]1C[C@H](O)C=C2C=C[C@H](C)[C@H](CC[C@@H]3C[C@H](O)CCO3)[C@H]21. The molecule has 38 heavy (non-hydrogen) atoms. The molecule has 2 N–H and O–H groups in total. The molecular weight excluding hydrogens is 480 g/mol. The first kappa shape index (κ1) is 28.8. The number of carbonyl (C=O) groups is 1. The maximum Gasteiger partial charge on any atom is 0.347 e.